The molecule has 8 nitrogen and oxygen atoms in total. The standard InChI is InChI=1S/C32H32N2O6/c1-4-19-38-26-16-14-25(15-17-26)32(36)40-29-18-13-23(20-30(29)37-5-2)21-33-34-31(35)22(3)39-28-12-8-10-24-9-6-7-11-27(24)28/h6-18,20-22H,4-5,19H2,1-3H3,(H,34,35)/b33-21-/t22-/m0/s1. The van der Waals surface area contributed by atoms with E-state index in [2.05, 4.69) is 10.5 Å². The molecule has 8 heteroatoms. The first-order chi connectivity index (χ1) is 19.5. The Kier molecular flexibility index (Phi) is 9.72. The number of hydrogen-bond acceptors (Lipinski definition) is 7. The average Bonchev–Trinajstić information content (AvgIpc) is 2.97. The zero-order valence-corrected chi connectivity index (χ0v) is 22.8. The van der Waals surface area contributed by atoms with Crippen LogP contribution in [0.5, 0.6) is 23.0 Å². The maximum atomic E-state index is 12.7. The Morgan fingerprint density at radius 3 is 2.42 bits per heavy atom. The van der Waals surface area contributed by atoms with Gasteiger partial charge in [-0.1, -0.05) is 43.3 Å². The van der Waals surface area contributed by atoms with Gasteiger partial charge in [0.15, 0.2) is 17.6 Å². The third kappa shape index (κ3) is 7.38. The van der Waals surface area contributed by atoms with Gasteiger partial charge in [-0.2, -0.15) is 5.10 Å². The summed E-state index contributed by atoms with van der Waals surface area (Å²) < 4.78 is 22.7. The molecule has 1 atom stereocenters. The van der Waals surface area contributed by atoms with Crippen molar-refractivity contribution >= 4 is 28.9 Å². The van der Waals surface area contributed by atoms with Gasteiger partial charge >= 0.3 is 5.97 Å². The molecule has 0 aliphatic rings. The third-order valence-electron chi connectivity index (χ3n) is 5.84. The molecular weight excluding hydrogens is 508 g/mol. The van der Waals surface area contributed by atoms with Crippen LogP contribution in [0.2, 0.25) is 0 Å². The largest absolute Gasteiger partial charge is 0.494 e. The molecule has 0 aromatic heterocycles. The molecule has 0 fully saturated rings. The van der Waals surface area contributed by atoms with E-state index in [0.29, 0.717) is 41.6 Å². The van der Waals surface area contributed by atoms with Crippen molar-refractivity contribution in [3.8, 4) is 23.0 Å². The van der Waals surface area contributed by atoms with Crippen LogP contribution in [0.4, 0.5) is 0 Å². The number of benzene rings is 4. The smallest absolute Gasteiger partial charge is 0.343 e. The van der Waals surface area contributed by atoms with E-state index in [1.807, 2.05) is 56.3 Å². The van der Waals surface area contributed by atoms with E-state index >= 15 is 0 Å². The highest BCUT2D eigenvalue weighted by Crippen LogP contribution is 2.29. The molecule has 0 radical (unpaired) electrons. The first kappa shape index (κ1) is 28.2. The Labute approximate surface area is 233 Å². The Morgan fingerprint density at radius 1 is 0.875 bits per heavy atom. The summed E-state index contributed by atoms with van der Waals surface area (Å²) in [6.07, 6.45) is 1.61. The Hall–Kier alpha value is -4.85. The summed E-state index contributed by atoms with van der Waals surface area (Å²) in [6, 6.07) is 25.3. The van der Waals surface area contributed by atoms with Crippen LogP contribution >= 0.6 is 0 Å². The second-order valence-corrected chi connectivity index (χ2v) is 8.87. The zero-order chi connectivity index (χ0) is 28.3. The van der Waals surface area contributed by atoms with E-state index in [1.165, 1.54) is 6.21 Å². The molecule has 1 amide bonds. The van der Waals surface area contributed by atoms with Gasteiger partial charge in [0, 0.05) is 5.39 Å². The van der Waals surface area contributed by atoms with Crippen LogP contribution < -0.4 is 24.4 Å². The number of ether oxygens (including phenoxy) is 4. The number of carbonyl (C=O) groups excluding carboxylic acids is 2. The number of rotatable bonds is 12. The molecule has 40 heavy (non-hydrogen) atoms. The maximum Gasteiger partial charge on any atom is 0.343 e. The fraction of sp³-hybridized carbons (Fsp3) is 0.219. The van der Waals surface area contributed by atoms with Crippen LogP contribution in [0, 0.1) is 0 Å². The molecule has 0 bridgehead atoms. The second-order valence-electron chi connectivity index (χ2n) is 8.87. The van der Waals surface area contributed by atoms with Gasteiger partial charge in [-0.3, -0.25) is 4.79 Å². The Morgan fingerprint density at radius 2 is 1.65 bits per heavy atom. The van der Waals surface area contributed by atoms with Crippen LogP contribution in [0.3, 0.4) is 0 Å². The Balaban J connectivity index is 1.37. The molecule has 4 aromatic rings. The molecule has 0 unspecified atom stereocenters. The molecule has 0 heterocycles. The molecule has 1 N–H and O–H groups in total. The minimum atomic E-state index is -0.768. The summed E-state index contributed by atoms with van der Waals surface area (Å²) in [6.45, 7) is 6.50. The van der Waals surface area contributed by atoms with Crippen molar-refractivity contribution in [1.29, 1.82) is 0 Å². The van der Waals surface area contributed by atoms with Gasteiger partial charge in [0.05, 0.1) is 25.0 Å². The molecule has 0 saturated heterocycles. The summed E-state index contributed by atoms with van der Waals surface area (Å²) in [7, 11) is 0. The lowest BCUT2D eigenvalue weighted by molar-refractivity contribution is -0.127. The van der Waals surface area contributed by atoms with Crippen LogP contribution in [-0.2, 0) is 4.79 Å². The van der Waals surface area contributed by atoms with Gasteiger partial charge < -0.3 is 18.9 Å². The zero-order valence-electron chi connectivity index (χ0n) is 22.8. The summed E-state index contributed by atoms with van der Waals surface area (Å²) in [5, 5.41) is 6.01. The molecule has 0 saturated carbocycles. The first-order valence-corrected chi connectivity index (χ1v) is 13.2. The fourth-order valence-corrected chi connectivity index (χ4v) is 3.83. The number of carbonyl (C=O) groups is 2. The third-order valence-corrected chi connectivity index (χ3v) is 5.84. The van der Waals surface area contributed by atoms with Crippen molar-refractivity contribution in [3.05, 3.63) is 96.1 Å². The van der Waals surface area contributed by atoms with Crippen LogP contribution in [0.1, 0.15) is 43.1 Å². The van der Waals surface area contributed by atoms with Gasteiger partial charge in [0.2, 0.25) is 0 Å². The van der Waals surface area contributed by atoms with Crippen molar-refractivity contribution in [2.75, 3.05) is 13.2 Å². The number of hydrazone groups is 1. The van der Waals surface area contributed by atoms with Crippen molar-refractivity contribution in [1.82, 2.24) is 5.43 Å². The van der Waals surface area contributed by atoms with Gasteiger partial charge in [-0.05, 0) is 79.7 Å². The van der Waals surface area contributed by atoms with E-state index in [0.717, 1.165) is 17.2 Å². The van der Waals surface area contributed by atoms with Crippen LogP contribution in [0.15, 0.2) is 90.0 Å². The topological polar surface area (TPSA) is 95.5 Å². The van der Waals surface area contributed by atoms with Crippen molar-refractivity contribution in [3.63, 3.8) is 0 Å². The van der Waals surface area contributed by atoms with Gasteiger partial charge in [0.1, 0.15) is 11.5 Å². The van der Waals surface area contributed by atoms with Crippen molar-refractivity contribution in [2.24, 2.45) is 5.10 Å². The second kappa shape index (κ2) is 13.8. The molecule has 4 rings (SSSR count). The molecule has 0 spiro atoms. The van der Waals surface area contributed by atoms with Gasteiger partial charge in [0.25, 0.3) is 5.91 Å². The van der Waals surface area contributed by atoms with Crippen LogP contribution in [0.25, 0.3) is 10.8 Å². The molecule has 4 aromatic carbocycles. The first-order valence-electron chi connectivity index (χ1n) is 13.2. The summed E-state index contributed by atoms with van der Waals surface area (Å²) in [5.74, 6) is 1.05. The number of nitrogens with zero attached hydrogens (tertiary/aromatic N) is 1. The Bertz CT molecular complexity index is 1480. The predicted octanol–water partition coefficient (Wildman–Crippen LogP) is 6.16. The van der Waals surface area contributed by atoms with E-state index in [9.17, 15) is 9.59 Å². The maximum absolute atomic E-state index is 12.7. The van der Waals surface area contributed by atoms with E-state index < -0.39 is 18.0 Å². The van der Waals surface area contributed by atoms with Gasteiger partial charge in [-0.25, -0.2) is 10.2 Å². The minimum absolute atomic E-state index is 0.274. The summed E-state index contributed by atoms with van der Waals surface area (Å²) in [5.41, 5.74) is 3.54. The number of hydrogen-bond donors (Lipinski definition) is 1. The van der Waals surface area contributed by atoms with Crippen LogP contribution in [-0.4, -0.2) is 37.4 Å². The minimum Gasteiger partial charge on any atom is -0.494 e. The normalized spacial score (nSPS) is 11.7. The van der Waals surface area contributed by atoms with Crippen molar-refractivity contribution < 1.29 is 28.5 Å². The molecular formula is C32H32N2O6. The lowest BCUT2D eigenvalue weighted by Gasteiger charge is -2.14. The quantitative estimate of drug-likeness (QED) is 0.100. The molecule has 0 aliphatic heterocycles. The number of esters is 1. The average molecular weight is 541 g/mol. The fourth-order valence-electron chi connectivity index (χ4n) is 3.83. The van der Waals surface area contributed by atoms with E-state index in [4.69, 9.17) is 18.9 Å². The number of amides is 1. The highest BCUT2D eigenvalue weighted by molar-refractivity contribution is 5.92. The van der Waals surface area contributed by atoms with E-state index in [1.54, 1.807) is 49.4 Å². The highest BCUT2D eigenvalue weighted by atomic mass is 16.6. The number of nitrogens with one attached hydrogen (secondary N) is 1. The molecule has 206 valence electrons. The lowest BCUT2D eigenvalue weighted by atomic mass is 10.1. The monoisotopic (exact) mass is 540 g/mol. The molecule has 0 aliphatic carbocycles. The predicted molar refractivity (Wildman–Crippen MR) is 155 cm³/mol. The van der Waals surface area contributed by atoms with Crippen molar-refractivity contribution in [2.45, 2.75) is 33.3 Å². The highest BCUT2D eigenvalue weighted by Gasteiger charge is 2.16. The summed E-state index contributed by atoms with van der Waals surface area (Å²) in [4.78, 5) is 25.3. The van der Waals surface area contributed by atoms with E-state index in [-0.39, 0.29) is 5.75 Å². The number of fused-ring (bicyclic) bond motifs is 1. The van der Waals surface area contributed by atoms with Gasteiger partial charge in [-0.15, -0.1) is 0 Å². The summed E-state index contributed by atoms with van der Waals surface area (Å²) >= 11 is 0. The lowest BCUT2D eigenvalue weighted by Crippen LogP contribution is -2.33. The SMILES string of the molecule is CCCOc1ccc(C(=O)Oc2ccc(/C=N\NC(=O)[C@H](C)Oc3cccc4ccccc34)cc2OCC)cc1.